The fourth-order valence-electron chi connectivity index (χ4n) is 4.46. The van der Waals surface area contributed by atoms with Gasteiger partial charge in [0.2, 0.25) is 0 Å². The third kappa shape index (κ3) is 15.2. The van der Waals surface area contributed by atoms with Crippen LogP contribution in [0.15, 0.2) is 0 Å². The predicted molar refractivity (Wildman–Crippen MR) is 124 cm³/mol. The van der Waals surface area contributed by atoms with Crippen LogP contribution in [0.2, 0.25) is 0 Å². The van der Waals surface area contributed by atoms with Gasteiger partial charge in [0, 0.05) is 0 Å². The molecule has 0 bridgehead atoms. The van der Waals surface area contributed by atoms with Crippen LogP contribution in [0.4, 0.5) is 0 Å². The molecule has 0 spiro atoms. The molecular weight excluding hydrogens is 319 g/mol. The number of rotatable bonds is 20. The number of hydrogen-bond donors (Lipinski definition) is 0. The van der Waals surface area contributed by atoms with Crippen molar-refractivity contribution in [1.82, 2.24) is 0 Å². The van der Waals surface area contributed by atoms with E-state index in [0.717, 1.165) is 0 Å². The molecule has 0 nitrogen and oxygen atoms in total. The van der Waals surface area contributed by atoms with Gasteiger partial charge in [-0.2, -0.15) is 0 Å². The topological polar surface area (TPSA) is 0 Å². The van der Waals surface area contributed by atoms with Crippen LogP contribution in [0.5, 0.6) is 0 Å². The van der Waals surface area contributed by atoms with Crippen LogP contribution in [-0.4, -0.2) is 24.6 Å². The molecule has 0 N–H and O–H groups in total. The molecule has 1 heteroatoms. The summed E-state index contributed by atoms with van der Waals surface area (Å²) in [4.78, 5) is 0. The SMILES string of the molecule is CCCCCC[PH](CCCCCC)(CCCCCC)CCCCCC. The Morgan fingerprint density at radius 3 is 0.760 bits per heavy atom. The van der Waals surface area contributed by atoms with Crippen LogP contribution in [0.25, 0.3) is 0 Å². The fourth-order valence-corrected chi connectivity index (χ4v) is 9.96. The number of unbranched alkanes of at least 4 members (excludes halogenated alkanes) is 12. The maximum atomic E-state index is 2.35. The van der Waals surface area contributed by atoms with Gasteiger partial charge in [0.15, 0.2) is 0 Å². The Bertz CT molecular complexity index is 195. The van der Waals surface area contributed by atoms with Gasteiger partial charge in [0.05, 0.1) is 0 Å². The van der Waals surface area contributed by atoms with E-state index in [1.54, 1.807) is 50.3 Å². The normalized spacial score (nSPS) is 12.6. The first-order chi connectivity index (χ1) is 12.2. The van der Waals surface area contributed by atoms with E-state index in [9.17, 15) is 0 Å². The Balaban J connectivity index is 4.62. The summed E-state index contributed by atoms with van der Waals surface area (Å²) >= 11 is 0. The van der Waals surface area contributed by atoms with Crippen LogP contribution in [0, 0.1) is 0 Å². The minimum absolute atomic E-state index is 0.995. The second-order valence-corrected chi connectivity index (χ2v) is 13.7. The summed E-state index contributed by atoms with van der Waals surface area (Å²) in [6, 6.07) is 0. The van der Waals surface area contributed by atoms with Crippen molar-refractivity contribution in [2.75, 3.05) is 24.6 Å². The first kappa shape index (κ1) is 25.4. The second-order valence-electron chi connectivity index (χ2n) is 8.74. The Morgan fingerprint density at radius 2 is 0.560 bits per heavy atom. The maximum absolute atomic E-state index is 2.35. The van der Waals surface area contributed by atoms with Gasteiger partial charge in [-0.25, -0.2) is 0 Å². The van der Waals surface area contributed by atoms with E-state index < -0.39 is 7.26 Å². The molecule has 0 unspecified atom stereocenters. The average molecular weight is 373 g/mol. The molecule has 154 valence electrons. The van der Waals surface area contributed by atoms with Crippen LogP contribution in [0.3, 0.4) is 0 Å². The molecule has 0 saturated carbocycles. The van der Waals surface area contributed by atoms with Crippen molar-refractivity contribution >= 4 is 7.26 Å². The third-order valence-corrected chi connectivity index (χ3v) is 11.9. The molecule has 0 aromatic heterocycles. The molecule has 0 aliphatic rings. The van der Waals surface area contributed by atoms with Gasteiger partial charge >= 0.3 is 162 Å². The summed E-state index contributed by atoms with van der Waals surface area (Å²) < 4.78 is 0. The van der Waals surface area contributed by atoms with Gasteiger partial charge in [-0.3, -0.25) is 0 Å². The van der Waals surface area contributed by atoms with Gasteiger partial charge in [-0.15, -0.1) is 0 Å². The molecule has 0 rings (SSSR count). The average Bonchev–Trinajstić information content (AvgIpc) is 2.63. The summed E-state index contributed by atoms with van der Waals surface area (Å²) in [6.07, 6.45) is 30.3. The third-order valence-electron chi connectivity index (χ3n) is 6.24. The van der Waals surface area contributed by atoms with Gasteiger partial charge in [-0.05, 0) is 0 Å². The zero-order chi connectivity index (χ0) is 18.6. The molecule has 0 heterocycles. The summed E-state index contributed by atoms with van der Waals surface area (Å²) in [6.45, 7) is 9.41. The monoisotopic (exact) mass is 372 g/mol. The van der Waals surface area contributed by atoms with Crippen LogP contribution in [-0.2, 0) is 0 Å². The molecule has 0 saturated heterocycles. The Morgan fingerprint density at radius 1 is 0.320 bits per heavy atom. The first-order valence-electron chi connectivity index (χ1n) is 12.2. The molecule has 0 fully saturated rings. The van der Waals surface area contributed by atoms with Gasteiger partial charge in [0.1, 0.15) is 0 Å². The summed E-state index contributed by atoms with van der Waals surface area (Å²) in [5.41, 5.74) is 0. The first-order valence-corrected chi connectivity index (χ1v) is 15.1. The van der Waals surface area contributed by atoms with E-state index in [-0.39, 0.29) is 0 Å². The van der Waals surface area contributed by atoms with Crippen molar-refractivity contribution in [2.24, 2.45) is 0 Å². The summed E-state index contributed by atoms with van der Waals surface area (Å²) in [5.74, 6) is 0. The predicted octanol–water partition coefficient (Wildman–Crippen LogP) is 9.06. The van der Waals surface area contributed by atoms with Crippen LogP contribution >= 0.6 is 7.26 Å². The second kappa shape index (κ2) is 19.2. The van der Waals surface area contributed by atoms with Crippen LogP contribution in [0.1, 0.15) is 130 Å². The number of hydrogen-bond acceptors (Lipinski definition) is 0. The molecule has 0 radical (unpaired) electrons. The Labute approximate surface area is 162 Å². The molecule has 0 aromatic rings. The summed E-state index contributed by atoms with van der Waals surface area (Å²) in [7, 11) is -0.995. The van der Waals surface area contributed by atoms with Crippen LogP contribution < -0.4 is 0 Å². The van der Waals surface area contributed by atoms with Crippen molar-refractivity contribution in [2.45, 2.75) is 130 Å². The molecule has 0 aliphatic carbocycles. The standard InChI is InChI=1S/C24H53P/c1-5-9-13-17-21-25(22-18-14-10-6-2,23-19-15-11-7-3)24-20-16-12-8-4/h25H,5-24H2,1-4H3. The zero-order valence-electron chi connectivity index (χ0n) is 18.6. The van der Waals surface area contributed by atoms with E-state index >= 15 is 0 Å². The Hall–Kier alpha value is 0.430. The Kier molecular flexibility index (Phi) is 19.5. The summed E-state index contributed by atoms with van der Waals surface area (Å²) in [5, 5.41) is 0. The van der Waals surface area contributed by atoms with E-state index in [4.69, 9.17) is 0 Å². The molecule has 0 amide bonds. The molecule has 0 atom stereocenters. The van der Waals surface area contributed by atoms with E-state index in [0.29, 0.717) is 0 Å². The zero-order valence-corrected chi connectivity index (χ0v) is 19.6. The van der Waals surface area contributed by atoms with Gasteiger partial charge < -0.3 is 0 Å². The van der Waals surface area contributed by atoms with Gasteiger partial charge in [0.25, 0.3) is 0 Å². The fraction of sp³-hybridized carbons (Fsp3) is 1.00. The van der Waals surface area contributed by atoms with E-state index in [1.807, 2.05) is 0 Å². The van der Waals surface area contributed by atoms with Crippen molar-refractivity contribution in [1.29, 1.82) is 0 Å². The quantitative estimate of drug-likeness (QED) is 0.148. The molecule has 0 aliphatic heterocycles. The minimum atomic E-state index is -0.995. The van der Waals surface area contributed by atoms with Crippen molar-refractivity contribution < 1.29 is 0 Å². The molecule has 0 aromatic carbocycles. The van der Waals surface area contributed by atoms with Crippen molar-refractivity contribution in [3.05, 3.63) is 0 Å². The molecular formula is C24H53P. The van der Waals surface area contributed by atoms with Crippen molar-refractivity contribution in [3.8, 4) is 0 Å². The van der Waals surface area contributed by atoms with Gasteiger partial charge in [-0.1, -0.05) is 0 Å². The van der Waals surface area contributed by atoms with Crippen molar-refractivity contribution in [3.63, 3.8) is 0 Å². The van der Waals surface area contributed by atoms with E-state index in [2.05, 4.69) is 27.7 Å². The molecule has 25 heavy (non-hydrogen) atoms. The van der Waals surface area contributed by atoms with E-state index in [1.165, 1.54) is 77.0 Å².